The van der Waals surface area contributed by atoms with Crippen molar-refractivity contribution in [3.63, 3.8) is 0 Å². The summed E-state index contributed by atoms with van der Waals surface area (Å²) in [5, 5.41) is 0.481. The van der Waals surface area contributed by atoms with Crippen LogP contribution in [0.15, 0.2) is 70.4 Å². The number of amides is 1. The molecule has 0 radical (unpaired) electrons. The summed E-state index contributed by atoms with van der Waals surface area (Å²) in [6.07, 6.45) is 2.17. The molecule has 1 aliphatic heterocycles. The van der Waals surface area contributed by atoms with Crippen LogP contribution < -0.4 is 24.4 Å². The van der Waals surface area contributed by atoms with E-state index in [1.165, 1.54) is 0 Å². The van der Waals surface area contributed by atoms with Crippen LogP contribution >= 0.6 is 0 Å². The molecule has 3 aromatic carbocycles. The summed E-state index contributed by atoms with van der Waals surface area (Å²) in [6.45, 7) is 10.5. The number of carbonyl (C=O) groups is 1. The zero-order chi connectivity index (χ0) is 30.0. The molecule has 5 rings (SSSR count). The van der Waals surface area contributed by atoms with Gasteiger partial charge >= 0.3 is 0 Å². The van der Waals surface area contributed by atoms with Gasteiger partial charge in [-0.2, -0.15) is 0 Å². The molecule has 8 heteroatoms. The number of benzene rings is 3. The van der Waals surface area contributed by atoms with E-state index in [1.807, 2.05) is 57.2 Å². The van der Waals surface area contributed by atoms with Crippen molar-refractivity contribution in [2.24, 2.45) is 0 Å². The van der Waals surface area contributed by atoms with Gasteiger partial charge in [0.1, 0.15) is 12.2 Å². The van der Waals surface area contributed by atoms with Gasteiger partial charge in [0.15, 0.2) is 28.4 Å². The minimum atomic E-state index is -0.679. The van der Waals surface area contributed by atoms with E-state index in [2.05, 4.69) is 6.58 Å². The maximum atomic E-state index is 14.1. The SMILES string of the molecule is C=CCOc1ccc(C2c3c(oc4cc(C)cc(C)c4c3=O)C(=O)N2CCc2ccc(OC)c(OC)c2)cc1OCC. The fourth-order valence-corrected chi connectivity index (χ4v) is 5.61. The zero-order valence-corrected chi connectivity index (χ0v) is 24.6. The highest BCUT2D eigenvalue weighted by atomic mass is 16.5. The van der Waals surface area contributed by atoms with Crippen LogP contribution in [0.1, 0.15) is 51.3 Å². The largest absolute Gasteiger partial charge is 0.493 e. The molecule has 1 aliphatic rings. The number of nitrogens with zero attached hydrogens (tertiary/aromatic N) is 1. The first-order valence-electron chi connectivity index (χ1n) is 13.9. The molecule has 8 nitrogen and oxygen atoms in total. The minimum absolute atomic E-state index is 0.0692. The number of fused-ring (bicyclic) bond motifs is 2. The molecule has 0 saturated carbocycles. The first kappa shape index (κ1) is 28.8. The number of methoxy groups -OCH3 is 2. The van der Waals surface area contributed by atoms with Crippen LogP contribution in [0.5, 0.6) is 23.0 Å². The Labute approximate surface area is 245 Å². The number of ether oxygens (including phenoxy) is 4. The molecule has 218 valence electrons. The second-order valence-corrected chi connectivity index (χ2v) is 10.2. The summed E-state index contributed by atoms with van der Waals surface area (Å²) in [4.78, 5) is 29.8. The third-order valence-corrected chi connectivity index (χ3v) is 7.44. The van der Waals surface area contributed by atoms with Gasteiger partial charge in [-0.1, -0.05) is 30.9 Å². The van der Waals surface area contributed by atoms with Crippen LogP contribution in [0.2, 0.25) is 0 Å². The van der Waals surface area contributed by atoms with E-state index in [0.29, 0.717) is 65.7 Å². The van der Waals surface area contributed by atoms with Crippen LogP contribution in [0.4, 0.5) is 0 Å². The molecule has 0 spiro atoms. The fourth-order valence-electron chi connectivity index (χ4n) is 5.61. The van der Waals surface area contributed by atoms with Crippen molar-refractivity contribution in [2.45, 2.75) is 33.2 Å². The van der Waals surface area contributed by atoms with Crippen LogP contribution in [0, 0.1) is 13.8 Å². The minimum Gasteiger partial charge on any atom is -0.493 e. The Kier molecular flexibility index (Phi) is 8.24. The zero-order valence-electron chi connectivity index (χ0n) is 24.6. The van der Waals surface area contributed by atoms with Crippen molar-refractivity contribution >= 4 is 16.9 Å². The molecule has 0 N–H and O–H groups in total. The third-order valence-electron chi connectivity index (χ3n) is 7.44. The van der Waals surface area contributed by atoms with E-state index in [1.54, 1.807) is 37.3 Å². The predicted molar refractivity (Wildman–Crippen MR) is 161 cm³/mol. The monoisotopic (exact) mass is 569 g/mol. The van der Waals surface area contributed by atoms with Crippen molar-refractivity contribution in [2.75, 3.05) is 34.0 Å². The highest BCUT2D eigenvalue weighted by Crippen LogP contribution is 2.41. The van der Waals surface area contributed by atoms with Gasteiger partial charge in [0.2, 0.25) is 5.76 Å². The average molecular weight is 570 g/mol. The summed E-state index contributed by atoms with van der Waals surface area (Å²) in [7, 11) is 3.17. The predicted octanol–water partition coefficient (Wildman–Crippen LogP) is 6.18. The lowest BCUT2D eigenvalue weighted by Gasteiger charge is -2.26. The van der Waals surface area contributed by atoms with Gasteiger partial charge in [0.05, 0.1) is 37.8 Å². The van der Waals surface area contributed by atoms with Crippen molar-refractivity contribution in [3.05, 3.63) is 105 Å². The quantitative estimate of drug-likeness (QED) is 0.199. The Morgan fingerprint density at radius 1 is 0.929 bits per heavy atom. The first-order valence-corrected chi connectivity index (χ1v) is 13.9. The highest BCUT2D eigenvalue weighted by molar-refractivity contribution is 5.99. The number of hydrogen-bond donors (Lipinski definition) is 0. The Morgan fingerprint density at radius 2 is 1.69 bits per heavy atom. The summed E-state index contributed by atoms with van der Waals surface area (Å²) in [5.74, 6) is 2.04. The van der Waals surface area contributed by atoms with Gasteiger partial charge in [-0.3, -0.25) is 9.59 Å². The Balaban J connectivity index is 1.63. The first-order chi connectivity index (χ1) is 20.3. The van der Waals surface area contributed by atoms with Crippen LogP contribution in [0.3, 0.4) is 0 Å². The van der Waals surface area contributed by atoms with Crippen molar-refractivity contribution < 1.29 is 28.2 Å². The Morgan fingerprint density at radius 3 is 2.40 bits per heavy atom. The maximum absolute atomic E-state index is 14.1. The lowest BCUT2D eigenvalue weighted by Crippen LogP contribution is -2.31. The van der Waals surface area contributed by atoms with Crippen molar-refractivity contribution in [1.82, 2.24) is 4.90 Å². The van der Waals surface area contributed by atoms with E-state index < -0.39 is 6.04 Å². The Bertz CT molecular complexity index is 1720. The summed E-state index contributed by atoms with van der Waals surface area (Å²) >= 11 is 0. The maximum Gasteiger partial charge on any atom is 0.290 e. The topological polar surface area (TPSA) is 87.4 Å². The smallest absolute Gasteiger partial charge is 0.290 e. The third kappa shape index (κ3) is 5.20. The molecule has 0 saturated heterocycles. The van der Waals surface area contributed by atoms with Gasteiger partial charge in [-0.25, -0.2) is 0 Å². The number of rotatable bonds is 11. The summed E-state index contributed by atoms with van der Waals surface area (Å²) in [6, 6.07) is 14.2. The molecule has 0 fully saturated rings. The second-order valence-electron chi connectivity index (χ2n) is 10.2. The average Bonchev–Trinajstić information content (AvgIpc) is 3.26. The van der Waals surface area contributed by atoms with E-state index in [4.69, 9.17) is 23.4 Å². The fraction of sp³-hybridized carbons (Fsp3) is 0.294. The van der Waals surface area contributed by atoms with E-state index in [-0.39, 0.29) is 17.1 Å². The number of hydrogen-bond acceptors (Lipinski definition) is 7. The van der Waals surface area contributed by atoms with Crippen molar-refractivity contribution in [3.8, 4) is 23.0 Å². The van der Waals surface area contributed by atoms with Gasteiger partial charge in [0.25, 0.3) is 5.91 Å². The molecule has 2 heterocycles. The molecule has 4 aromatic rings. The molecule has 0 aliphatic carbocycles. The number of aryl methyl sites for hydroxylation is 2. The molecular formula is C34H35NO7. The normalized spacial score (nSPS) is 14.2. The molecule has 1 unspecified atom stereocenters. The molecular weight excluding hydrogens is 534 g/mol. The lowest BCUT2D eigenvalue weighted by atomic mass is 9.96. The van der Waals surface area contributed by atoms with E-state index >= 15 is 0 Å². The van der Waals surface area contributed by atoms with E-state index in [0.717, 1.165) is 22.3 Å². The van der Waals surface area contributed by atoms with Gasteiger partial charge in [-0.15, -0.1) is 0 Å². The van der Waals surface area contributed by atoms with Gasteiger partial charge in [0, 0.05) is 6.54 Å². The summed E-state index contributed by atoms with van der Waals surface area (Å²) in [5.41, 5.74) is 3.96. The van der Waals surface area contributed by atoms with E-state index in [9.17, 15) is 9.59 Å². The van der Waals surface area contributed by atoms with Crippen LogP contribution in [-0.4, -0.2) is 44.8 Å². The standard InChI is InChI=1S/C34H35NO7/c1-7-15-41-25-12-10-23(19-27(25)40-8-2)31-30-32(36)29-21(4)16-20(3)17-28(29)42-33(30)34(37)35(31)14-13-22-9-11-24(38-5)26(18-22)39-6/h7,9-12,16-19,31H,1,8,13-15H2,2-6H3. The lowest BCUT2D eigenvalue weighted by molar-refractivity contribution is 0.0729. The molecule has 42 heavy (non-hydrogen) atoms. The summed E-state index contributed by atoms with van der Waals surface area (Å²) < 4.78 is 28.8. The van der Waals surface area contributed by atoms with Gasteiger partial charge in [-0.05, 0) is 79.8 Å². The molecule has 1 amide bonds. The Hall–Kier alpha value is -4.72. The second kappa shape index (κ2) is 12.0. The van der Waals surface area contributed by atoms with Crippen LogP contribution in [0.25, 0.3) is 11.0 Å². The highest BCUT2D eigenvalue weighted by Gasteiger charge is 2.43. The van der Waals surface area contributed by atoms with Crippen LogP contribution in [-0.2, 0) is 6.42 Å². The molecule has 0 bridgehead atoms. The molecule has 1 aromatic heterocycles. The molecule has 1 atom stereocenters. The number of carbonyl (C=O) groups excluding carboxylic acids is 1. The van der Waals surface area contributed by atoms with Gasteiger partial charge < -0.3 is 28.3 Å². The van der Waals surface area contributed by atoms with Crippen molar-refractivity contribution in [1.29, 1.82) is 0 Å².